The van der Waals surface area contributed by atoms with Crippen molar-refractivity contribution in [3.8, 4) is 0 Å². The van der Waals surface area contributed by atoms with Gasteiger partial charge in [-0.2, -0.15) is 0 Å². The van der Waals surface area contributed by atoms with E-state index in [1.807, 2.05) is 4.57 Å². The Labute approximate surface area is 123 Å². The average molecular weight is 307 g/mol. The highest BCUT2D eigenvalue weighted by Gasteiger charge is 2.28. The van der Waals surface area contributed by atoms with E-state index >= 15 is 0 Å². The number of aliphatic hydroxyl groups is 1. The molecule has 21 heavy (non-hydrogen) atoms. The monoisotopic (exact) mass is 307 g/mol. The van der Waals surface area contributed by atoms with Crippen LogP contribution in [0.1, 0.15) is 30.3 Å². The Kier molecular flexibility index (Phi) is 3.46. The van der Waals surface area contributed by atoms with Crippen molar-refractivity contribution in [2.24, 2.45) is 0 Å². The maximum atomic E-state index is 12.4. The minimum absolute atomic E-state index is 0.166. The van der Waals surface area contributed by atoms with Gasteiger partial charge in [-0.15, -0.1) is 0 Å². The number of aliphatic hydroxyl groups excluding tert-OH is 1. The van der Waals surface area contributed by atoms with Crippen LogP contribution in [0.15, 0.2) is 35.5 Å². The number of nitrogens with zero attached hydrogens (tertiary/aromatic N) is 2. The Bertz CT molecular complexity index is 764. The van der Waals surface area contributed by atoms with Crippen LogP contribution in [0, 0.1) is 6.92 Å². The molecule has 6 nitrogen and oxygen atoms in total. The van der Waals surface area contributed by atoms with Crippen LogP contribution in [0.5, 0.6) is 0 Å². The predicted octanol–water partition coefficient (Wildman–Crippen LogP) is 1.82. The smallest absolute Gasteiger partial charge is 0.263 e. The van der Waals surface area contributed by atoms with Crippen molar-refractivity contribution in [1.82, 2.24) is 9.55 Å². The topological polar surface area (TPSA) is 84.2 Å². The lowest BCUT2D eigenvalue weighted by molar-refractivity contribution is 0.270. The molecule has 0 bridgehead atoms. The Balaban J connectivity index is 1.91. The quantitative estimate of drug-likeness (QED) is 0.882. The lowest BCUT2D eigenvalue weighted by Gasteiger charge is -2.06. The Morgan fingerprint density at radius 2 is 2.19 bits per heavy atom. The van der Waals surface area contributed by atoms with Gasteiger partial charge >= 0.3 is 0 Å². The number of nitrogens with one attached hydrogen (secondary N) is 1. The number of rotatable bonds is 5. The van der Waals surface area contributed by atoms with Crippen LogP contribution in [0.2, 0.25) is 0 Å². The summed E-state index contributed by atoms with van der Waals surface area (Å²) in [5, 5.41) is 9.36. The number of pyridine rings is 1. The van der Waals surface area contributed by atoms with Crippen LogP contribution in [-0.2, 0) is 16.6 Å². The summed E-state index contributed by atoms with van der Waals surface area (Å²) in [6.07, 6.45) is 5.21. The molecule has 0 atom stereocenters. The van der Waals surface area contributed by atoms with E-state index in [0.29, 0.717) is 17.4 Å². The summed E-state index contributed by atoms with van der Waals surface area (Å²) in [4.78, 5) is 4.21. The molecule has 0 radical (unpaired) electrons. The largest absolute Gasteiger partial charge is 0.390 e. The fraction of sp³-hybridized carbons (Fsp3) is 0.357. The van der Waals surface area contributed by atoms with Crippen molar-refractivity contribution in [2.45, 2.75) is 37.3 Å². The molecule has 1 fully saturated rings. The third-order valence-electron chi connectivity index (χ3n) is 3.47. The molecule has 112 valence electrons. The van der Waals surface area contributed by atoms with Gasteiger partial charge in [0.25, 0.3) is 10.0 Å². The van der Waals surface area contributed by atoms with E-state index in [4.69, 9.17) is 0 Å². The SMILES string of the molecule is Cc1cc(NS(=O)(=O)c2cc(CO)n(C3CC3)c2)ccn1. The van der Waals surface area contributed by atoms with Gasteiger partial charge in [-0.1, -0.05) is 0 Å². The first-order valence-corrected chi connectivity index (χ1v) is 8.25. The fourth-order valence-corrected chi connectivity index (χ4v) is 3.38. The maximum Gasteiger partial charge on any atom is 0.263 e. The highest BCUT2D eigenvalue weighted by molar-refractivity contribution is 7.92. The summed E-state index contributed by atoms with van der Waals surface area (Å²) in [6.45, 7) is 1.63. The van der Waals surface area contributed by atoms with Gasteiger partial charge < -0.3 is 9.67 Å². The lowest BCUT2D eigenvalue weighted by atomic mass is 10.3. The van der Waals surface area contributed by atoms with Crippen molar-refractivity contribution >= 4 is 15.7 Å². The van der Waals surface area contributed by atoms with Crippen molar-refractivity contribution < 1.29 is 13.5 Å². The van der Waals surface area contributed by atoms with Gasteiger partial charge in [0, 0.05) is 29.8 Å². The molecule has 2 N–H and O–H groups in total. The number of aryl methyl sites for hydroxylation is 1. The highest BCUT2D eigenvalue weighted by Crippen LogP contribution is 2.37. The molecule has 0 saturated heterocycles. The first-order chi connectivity index (χ1) is 9.99. The number of aromatic nitrogens is 2. The molecule has 1 aliphatic rings. The van der Waals surface area contributed by atoms with Crippen molar-refractivity contribution in [1.29, 1.82) is 0 Å². The fourth-order valence-electron chi connectivity index (χ4n) is 2.29. The molecular weight excluding hydrogens is 290 g/mol. The molecule has 1 aliphatic carbocycles. The second-order valence-electron chi connectivity index (χ2n) is 5.26. The second-order valence-corrected chi connectivity index (χ2v) is 6.94. The number of hydrogen-bond donors (Lipinski definition) is 2. The van der Waals surface area contributed by atoms with E-state index in [1.54, 1.807) is 31.5 Å². The molecule has 7 heteroatoms. The number of hydrogen-bond acceptors (Lipinski definition) is 4. The standard InChI is InChI=1S/C14H17N3O3S/c1-10-6-11(4-5-15-10)16-21(19,20)14-7-13(9-18)17(8-14)12-2-3-12/h4-8,12,18H,2-3,9H2,1H3,(H,15,16). The average Bonchev–Trinajstić information content (AvgIpc) is 3.16. The number of anilines is 1. The third kappa shape index (κ3) is 2.93. The second kappa shape index (κ2) is 5.16. The molecule has 1 saturated carbocycles. The van der Waals surface area contributed by atoms with Crippen LogP contribution in [0.4, 0.5) is 5.69 Å². The van der Waals surface area contributed by atoms with Gasteiger partial charge in [-0.3, -0.25) is 9.71 Å². The summed E-state index contributed by atoms with van der Waals surface area (Å²) in [5.41, 5.74) is 1.85. The van der Waals surface area contributed by atoms with Gasteiger partial charge in [0.2, 0.25) is 0 Å². The summed E-state index contributed by atoms with van der Waals surface area (Å²) in [7, 11) is -3.66. The van der Waals surface area contributed by atoms with Crippen LogP contribution >= 0.6 is 0 Å². The van der Waals surface area contributed by atoms with E-state index < -0.39 is 10.0 Å². The van der Waals surface area contributed by atoms with E-state index in [9.17, 15) is 13.5 Å². The van der Waals surface area contributed by atoms with E-state index in [-0.39, 0.29) is 11.5 Å². The Hall–Kier alpha value is -1.86. The highest BCUT2D eigenvalue weighted by atomic mass is 32.2. The molecule has 0 spiro atoms. The van der Waals surface area contributed by atoms with E-state index in [0.717, 1.165) is 18.5 Å². The third-order valence-corrected chi connectivity index (χ3v) is 4.82. The molecule has 2 aromatic rings. The van der Waals surface area contributed by atoms with Crippen LogP contribution in [0.3, 0.4) is 0 Å². The minimum atomic E-state index is -3.66. The first-order valence-electron chi connectivity index (χ1n) is 6.77. The molecule has 2 heterocycles. The van der Waals surface area contributed by atoms with Gasteiger partial charge in [-0.25, -0.2) is 8.42 Å². The first kappa shape index (κ1) is 14.1. The molecule has 0 aromatic carbocycles. The van der Waals surface area contributed by atoms with Gasteiger partial charge in [0.1, 0.15) is 4.90 Å². The number of sulfonamides is 1. The van der Waals surface area contributed by atoms with Crippen LogP contribution < -0.4 is 4.72 Å². The van der Waals surface area contributed by atoms with Crippen LogP contribution in [0.25, 0.3) is 0 Å². The van der Waals surface area contributed by atoms with Crippen molar-refractivity contribution in [2.75, 3.05) is 4.72 Å². The van der Waals surface area contributed by atoms with Crippen LogP contribution in [-0.4, -0.2) is 23.1 Å². The molecule has 0 aliphatic heterocycles. The Morgan fingerprint density at radius 1 is 1.43 bits per heavy atom. The van der Waals surface area contributed by atoms with Crippen molar-refractivity contribution in [3.05, 3.63) is 42.0 Å². The molecule has 0 amide bonds. The predicted molar refractivity (Wildman–Crippen MR) is 78.4 cm³/mol. The van der Waals surface area contributed by atoms with Crippen molar-refractivity contribution in [3.63, 3.8) is 0 Å². The summed E-state index contributed by atoms with van der Waals surface area (Å²) >= 11 is 0. The van der Waals surface area contributed by atoms with Gasteiger partial charge in [0.05, 0.1) is 12.3 Å². The Morgan fingerprint density at radius 3 is 2.81 bits per heavy atom. The normalized spacial score (nSPS) is 15.1. The lowest BCUT2D eigenvalue weighted by Crippen LogP contribution is -2.12. The zero-order valence-electron chi connectivity index (χ0n) is 11.7. The van der Waals surface area contributed by atoms with Gasteiger partial charge in [0.15, 0.2) is 0 Å². The zero-order valence-corrected chi connectivity index (χ0v) is 12.5. The summed E-state index contributed by atoms with van der Waals surface area (Å²) in [5.74, 6) is 0. The molecule has 3 rings (SSSR count). The maximum absolute atomic E-state index is 12.4. The molecule has 0 unspecified atom stereocenters. The summed E-state index contributed by atoms with van der Waals surface area (Å²) < 4.78 is 29.2. The summed E-state index contributed by atoms with van der Waals surface area (Å²) in [6, 6.07) is 5.12. The van der Waals surface area contributed by atoms with E-state index in [1.165, 1.54) is 6.07 Å². The van der Waals surface area contributed by atoms with E-state index in [2.05, 4.69) is 9.71 Å². The molecular formula is C14H17N3O3S. The minimum Gasteiger partial charge on any atom is -0.390 e. The van der Waals surface area contributed by atoms with Gasteiger partial charge in [-0.05, 0) is 38.0 Å². The zero-order chi connectivity index (χ0) is 15.0. The molecule has 2 aromatic heterocycles.